The lowest BCUT2D eigenvalue weighted by Gasteiger charge is -2.33. The summed E-state index contributed by atoms with van der Waals surface area (Å²) in [6.45, 7) is 5.26. The van der Waals surface area contributed by atoms with Crippen molar-refractivity contribution in [2.24, 2.45) is 17.6 Å². The molecule has 1 fully saturated rings. The van der Waals surface area contributed by atoms with Gasteiger partial charge in [-0.05, 0) is 37.6 Å². The topological polar surface area (TPSA) is 55.6 Å². The van der Waals surface area contributed by atoms with E-state index >= 15 is 0 Å². The van der Waals surface area contributed by atoms with Crippen LogP contribution in [0, 0.1) is 11.8 Å². The molecule has 1 saturated heterocycles. The first-order valence-electron chi connectivity index (χ1n) is 6.64. The molecule has 100 valence electrons. The van der Waals surface area contributed by atoms with Gasteiger partial charge in [0.15, 0.2) is 0 Å². The maximum absolute atomic E-state index is 12.1. The fraction of sp³-hybridized carbons (Fsp3) is 0.923. The molecule has 1 aliphatic heterocycles. The number of likely N-dealkylation sites (tertiary alicyclic amines) is 1. The van der Waals surface area contributed by atoms with E-state index in [1.165, 1.54) is 6.42 Å². The fourth-order valence-electron chi connectivity index (χ4n) is 2.53. The largest absolute Gasteiger partial charge is 0.384 e. The Morgan fingerprint density at radius 1 is 1.59 bits per heavy atom. The van der Waals surface area contributed by atoms with Crippen LogP contribution in [0.25, 0.3) is 0 Å². The van der Waals surface area contributed by atoms with Crippen LogP contribution >= 0.6 is 0 Å². The number of methoxy groups -OCH3 is 1. The molecule has 4 nitrogen and oxygen atoms in total. The summed E-state index contributed by atoms with van der Waals surface area (Å²) in [7, 11) is 1.68. The number of piperidine rings is 1. The predicted octanol–water partition coefficient (Wildman–Crippen LogP) is 1.25. The minimum atomic E-state index is 0.274. The number of hydrogen-bond acceptors (Lipinski definition) is 3. The number of rotatable bonds is 6. The van der Waals surface area contributed by atoms with E-state index in [9.17, 15) is 4.79 Å². The summed E-state index contributed by atoms with van der Waals surface area (Å²) in [6, 6.07) is 0. The number of nitrogens with zero attached hydrogens (tertiary/aromatic N) is 1. The molecule has 2 atom stereocenters. The summed E-state index contributed by atoms with van der Waals surface area (Å²) in [6.07, 6.45) is 3.98. The molecular weight excluding hydrogens is 216 g/mol. The van der Waals surface area contributed by atoms with E-state index in [4.69, 9.17) is 10.5 Å². The lowest BCUT2D eigenvalue weighted by atomic mass is 9.94. The Kier molecular flexibility index (Phi) is 6.52. The Balaban J connectivity index is 2.35. The molecule has 1 heterocycles. The van der Waals surface area contributed by atoms with Crippen molar-refractivity contribution in [2.45, 2.75) is 32.6 Å². The van der Waals surface area contributed by atoms with Crippen molar-refractivity contribution < 1.29 is 9.53 Å². The van der Waals surface area contributed by atoms with Gasteiger partial charge in [0.1, 0.15) is 0 Å². The zero-order valence-corrected chi connectivity index (χ0v) is 11.2. The summed E-state index contributed by atoms with van der Waals surface area (Å²) in [4.78, 5) is 14.1. The average molecular weight is 242 g/mol. The standard InChI is InChI=1S/C13H26N2O2/c1-11(10-17-2)8-13(16)15-7-3-4-12(9-15)5-6-14/h11-12H,3-10,14H2,1-2H3. The van der Waals surface area contributed by atoms with E-state index in [2.05, 4.69) is 6.92 Å². The lowest BCUT2D eigenvalue weighted by molar-refractivity contribution is -0.134. The third-order valence-electron chi connectivity index (χ3n) is 3.42. The van der Waals surface area contributed by atoms with Crippen LogP contribution in [0.2, 0.25) is 0 Å². The highest BCUT2D eigenvalue weighted by molar-refractivity contribution is 5.76. The van der Waals surface area contributed by atoms with Gasteiger partial charge >= 0.3 is 0 Å². The molecule has 17 heavy (non-hydrogen) atoms. The first kappa shape index (κ1) is 14.5. The van der Waals surface area contributed by atoms with Gasteiger partial charge in [0.05, 0.1) is 0 Å². The van der Waals surface area contributed by atoms with Gasteiger partial charge in [-0.3, -0.25) is 4.79 Å². The number of nitrogens with two attached hydrogens (primary N) is 1. The summed E-state index contributed by atoms with van der Waals surface area (Å²) < 4.78 is 5.06. The molecule has 0 bridgehead atoms. The second-order valence-corrected chi connectivity index (χ2v) is 5.19. The highest BCUT2D eigenvalue weighted by atomic mass is 16.5. The zero-order chi connectivity index (χ0) is 12.7. The number of amides is 1. The second kappa shape index (κ2) is 7.67. The number of hydrogen-bond donors (Lipinski definition) is 1. The Morgan fingerprint density at radius 2 is 2.35 bits per heavy atom. The molecule has 0 aromatic carbocycles. The molecule has 4 heteroatoms. The highest BCUT2D eigenvalue weighted by Crippen LogP contribution is 2.20. The van der Waals surface area contributed by atoms with E-state index in [1.807, 2.05) is 4.90 Å². The highest BCUT2D eigenvalue weighted by Gasteiger charge is 2.23. The maximum Gasteiger partial charge on any atom is 0.222 e. The van der Waals surface area contributed by atoms with E-state index in [1.54, 1.807) is 7.11 Å². The molecule has 0 aromatic rings. The van der Waals surface area contributed by atoms with Gasteiger partial charge in [0.2, 0.25) is 5.91 Å². The normalized spacial score (nSPS) is 22.5. The van der Waals surface area contributed by atoms with Gasteiger partial charge in [0, 0.05) is 33.2 Å². The van der Waals surface area contributed by atoms with E-state index in [0.29, 0.717) is 24.9 Å². The van der Waals surface area contributed by atoms with Crippen LogP contribution in [0.3, 0.4) is 0 Å². The molecule has 1 amide bonds. The summed E-state index contributed by atoms with van der Waals surface area (Å²) in [5.41, 5.74) is 5.58. The SMILES string of the molecule is COCC(C)CC(=O)N1CCCC(CCN)C1. The maximum atomic E-state index is 12.1. The summed E-state index contributed by atoms with van der Waals surface area (Å²) in [5, 5.41) is 0. The third kappa shape index (κ3) is 5.04. The lowest BCUT2D eigenvalue weighted by Crippen LogP contribution is -2.41. The van der Waals surface area contributed by atoms with Crippen LogP contribution < -0.4 is 5.73 Å². The van der Waals surface area contributed by atoms with Crippen LogP contribution in [0.1, 0.15) is 32.6 Å². The van der Waals surface area contributed by atoms with Crippen molar-refractivity contribution in [3.05, 3.63) is 0 Å². The molecule has 1 rings (SSSR count). The van der Waals surface area contributed by atoms with Crippen LogP contribution in [0.4, 0.5) is 0 Å². The van der Waals surface area contributed by atoms with Gasteiger partial charge in [-0.2, -0.15) is 0 Å². The van der Waals surface area contributed by atoms with Crippen LogP contribution in [0.15, 0.2) is 0 Å². The quantitative estimate of drug-likeness (QED) is 0.762. The summed E-state index contributed by atoms with van der Waals surface area (Å²) >= 11 is 0. The van der Waals surface area contributed by atoms with Crippen molar-refractivity contribution in [2.75, 3.05) is 33.4 Å². The van der Waals surface area contributed by atoms with Gasteiger partial charge in [-0.15, -0.1) is 0 Å². The molecule has 1 aliphatic rings. The monoisotopic (exact) mass is 242 g/mol. The second-order valence-electron chi connectivity index (χ2n) is 5.19. The van der Waals surface area contributed by atoms with Crippen molar-refractivity contribution in [1.29, 1.82) is 0 Å². The fourth-order valence-corrected chi connectivity index (χ4v) is 2.53. The third-order valence-corrected chi connectivity index (χ3v) is 3.42. The minimum absolute atomic E-state index is 0.274. The minimum Gasteiger partial charge on any atom is -0.384 e. The molecule has 0 saturated carbocycles. The Labute approximate surface area is 104 Å². The van der Waals surface area contributed by atoms with E-state index in [0.717, 1.165) is 32.5 Å². The van der Waals surface area contributed by atoms with E-state index < -0.39 is 0 Å². The molecule has 2 N–H and O–H groups in total. The Bertz CT molecular complexity index is 231. The molecule has 0 aliphatic carbocycles. The Morgan fingerprint density at radius 3 is 3.00 bits per heavy atom. The molecule has 0 aromatic heterocycles. The van der Waals surface area contributed by atoms with Gasteiger partial charge in [-0.25, -0.2) is 0 Å². The van der Waals surface area contributed by atoms with Crippen molar-refractivity contribution >= 4 is 5.91 Å². The smallest absolute Gasteiger partial charge is 0.222 e. The van der Waals surface area contributed by atoms with E-state index in [-0.39, 0.29) is 5.91 Å². The molecular formula is C13H26N2O2. The van der Waals surface area contributed by atoms with Gasteiger partial charge in [0.25, 0.3) is 0 Å². The first-order valence-corrected chi connectivity index (χ1v) is 6.64. The first-order chi connectivity index (χ1) is 8.17. The molecule has 0 spiro atoms. The number of carbonyl (C=O) groups excluding carboxylic acids is 1. The van der Waals surface area contributed by atoms with Crippen LogP contribution in [-0.4, -0.2) is 44.2 Å². The average Bonchev–Trinajstić information content (AvgIpc) is 2.30. The Hall–Kier alpha value is -0.610. The number of carbonyl (C=O) groups is 1. The van der Waals surface area contributed by atoms with Crippen LogP contribution in [0.5, 0.6) is 0 Å². The van der Waals surface area contributed by atoms with Crippen molar-refractivity contribution in [3.8, 4) is 0 Å². The molecule has 0 radical (unpaired) electrons. The number of ether oxygens (including phenoxy) is 1. The van der Waals surface area contributed by atoms with Crippen molar-refractivity contribution in [1.82, 2.24) is 4.90 Å². The summed E-state index contributed by atoms with van der Waals surface area (Å²) in [5.74, 6) is 1.19. The van der Waals surface area contributed by atoms with Crippen LogP contribution in [-0.2, 0) is 9.53 Å². The van der Waals surface area contributed by atoms with Crippen molar-refractivity contribution in [3.63, 3.8) is 0 Å². The predicted molar refractivity (Wildman–Crippen MR) is 68.6 cm³/mol. The molecule has 2 unspecified atom stereocenters. The zero-order valence-electron chi connectivity index (χ0n) is 11.2. The van der Waals surface area contributed by atoms with Gasteiger partial charge < -0.3 is 15.4 Å². The van der Waals surface area contributed by atoms with Gasteiger partial charge in [-0.1, -0.05) is 6.92 Å².